The lowest BCUT2D eigenvalue weighted by Crippen LogP contribution is -2.56. The zero-order valence-electron chi connectivity index (χ0n) is 13.0. The van der Waals surface area contributed by atoms with E-state index in [1.54, 1.807) is 0 Å². The Bertz CT molecular complexity index is 420. The Morgan fingerprint density at radius 2 is 1.79 bits per heavy atom. The molecule has 0 spiro atoms. The van der Waals surface area contributed by atoms with Crippen LogP contribution in [0, 0.1) is 20.8 Å². The van der Waals surface area contributed by atoms with Gasteiger partial charge in [0.25, 0.3) is 0 Å². The van der Waals surface area contributed by atoms with Crippen LogP contribution in [0.25, 0.3) is 0 Å². The molecule has 2 rings (SSSR count). The van der Waals surface area contributed by atoms with Crippen molar-refractivity contribution in [3.05, 3.63) is 34.4 Å². The van der Waals surface area contributed by atoms with Crippen LogP contribution >= 0.6 is 0 Å². The molecule has 0 saturated heterocycles. The van der Waals surface area contributed by atoms with Crippen LogP contribution in [0.2, 0.25) is 0 Å². The van der Waals surface area contributed by atoms with Crippen LogP contribution in [0.5, 0.6) is 0 Å². The van der Waals surface area contributed by atoms with Gasteiger partial charge in [0.1, 0.15) is 0 Å². The second kappa shape index (κ2) is 5.64. The molecular formula is C17H27NO. The highest BCUT2D eigenvalue weighted by molar-refractivity contribution is 5.38. The van der Waals surface area contributed by atoms with Crippen molar-refractivity contribution in [2.24, 2.45) is 0 Å². The molecule has 0 bridgehead atoms. The number of rotatable bonds is 5. The minimum Gasteiger partial charge on any atom is -0.377 e. The lowest BCUT2D eigenvalue weighted by molar-refractivity contribution is -0.0967. The van der Waals surface area contributed by atoms with Gasteiger partial charge in [-0.25, -0.2) is 0 Å². The molecule has 0 radical (unpaired) electrons. The molecule has 1 N–H and O–H groups in total. The highest BCUT2D eigenvalue weighted by atomic mass is 16.5. The second-order valence-electron chi connectivity index (χ2n) is 6.05. The van der Waals surface area contributed by atoms with E-state index in [2.05, 4.69) is 45.3 Å². The summed E-state index contributed by atoms with van der Waals surface area (Å²) < 4.78 is 5.84. The molecular weight excluding hydrogens is 234 g/mol. The van der Waals surface area contributed by atoms with Gasteiger partial charge in [-0.15, -0.1) is 0 Å². The third-order valence-electron chi connectivity index (χ3n) is 4.84. The highest BCUT2D eigenvalue weighted by Gasteiger charge is 2.43. The van der Waals surface area contributed by atoms with E-state index in [1.807, 2.05) is 7.11 Å². The first-order valence-electron chi connectivity index (χ1n) is 7.31. The Hall–Kier alpha value is -0.860. The van der Waals surface area contributed by atoms with Gasteiger partial charge in [-0.2, -0.15) is 0 Å². The summed E-state index contributed by atoms with van der Waals surface area (Å²) in [5.74, 6) is 0. The summed E-state index contributed by atoms with van der Waals surface area (Å²) in [6, 6.07) is 4.98. The Labute approximate surface area is 117 Å². The Kier molecular flexibility index (Phi) is 4.32. The van der Waals surface area contributed by atoms with Crippen molar-refractivity contribution in [3.8, 4) is 0 Å². The van der Waals surface area contributed by atoms with Gasteiger partial charge in [0.05, 0.1) is 5.60 Å². The molecule has 2 heteroatoms. The predicted molar refractivity (Wildman–Crippen MR) is 80.8 cm³/mol. The summed E-state index contributed by atoms with van der Waals surface area (Å²) in [6.45, 7) is 6.62. The SMILES string of the molecule is CNC(Cc1c(C)cc(C)cc1C)C1(OC)CCC1. The standard InChI is InChI=1S/C17H27NO/c1-12-9-13(2)15(14(3)10-12)11-16(18-4)17(19-5)7-6-8-17/h9-10,16,18H,6-8,11H2,1-5H3. The van der Waals surface area contributed by atoms with Gasteiger partial charge < -0.3 is 10.1 Å². The van der Waals surface area contributed by atoms with E-state index in [9.17, 15) is 0 Å². The van der Waals surface area contributed by atoms with Crippen LogP contribution in [0.15, 0.2) is 12.1 Å². The first-order chi connectivity index (χ1) is 9.02. The maximum atomic E-state index is 5.84. The molecule has 0 heterocycles. The van der Waals surface area contributed by atoms with Crippen molar-refractivity contribution in [3.63, 3.8) is 0 Å². The molecule has 106 valence electrons. The van der Waals surface area contributed by atoms with Gasteiger partial charge in [0, 0.05) is 13.2 Å². The van der Waals surface area contributed by atoms with E-state index in [-0.39, 0.29) is 5.60 Å². The van der Waals surface area contributed by atoms with E-state index in [1.165, 1.54) is 41.5 Å². The maximum absolute atomic E-state index is 5.84. The van der Waals surface area contributed by atoms with Crippen LogP contribution in [0.1, 0.15) is 41.5 Å². The fourth-order valence-electron chi connectivity index (χ4n) is 3.51. The smallest absolute Gasteiger partial charge is 0.0834 e. The van der Waals surface area contributed by atoms with Gasteiger partial charge in [0.2, 0.25) is 0 Å². The van der Waals surface area contributed by atoms with Crippen molar-refractivity contribution in [1.29, 1.82) is 0 Å². The van der Waals surface area contributed by atoms with E-state index >= 15 is 0 Å². The van der Waals surface area contributed by atoms with Crippen LogP contribution in [-0.2, 0) is 11.2 Å². The van der Waals surface area contributed by atoms with Gasteiger partial charge in [-0.3, -0.25) is 0 Å². The number of likely N-dealkylation sites (N-methyl/N-ethyl adjacent to an activating group) is 1. The zero-order chi connectivity index (χ0) is 14.0. The minimum absolute atomic E-state index is 0.0541. The maximum Gasteiger partial charge on any atom is 0.0834 e. The molecule has 1 atom stereocenters. The molecule has 1 fully saturated rings. The molecule has 1 aliphatic rings. The number of benzene rings is 1. The molecule has 1 aromatic carbocycles. The van der Waals surface area contributed by atoms with Crippen molar-refractivity contribution >= 4 is 0 Å². The molecule has 1 aliphatic carbocycles. The van der Waals surface area contributed by atoms with E-state index in [0.717, 1.165) is 6.42 Å². The third kappa shape index (κ3) is 2.70. The van der Waals surface area contributed by atoms with Crippen molar-refractivity contribution in [1.82, 2.24) is 5.32 Å². The number of ether oxygens (including phenoxy) is 1. The van der Waals surface area contributed by atoms with Crippen molar-refractivity contribution < 1.29 is 4.74 Å². The van der Waals surface area contributed by atoms with Crippen LogP contribution in [0.3, 0.4) is 0 Å². The molecule has 2 nitrogen and oxygen atoms in total. The third-order valence-corrected chi connectivity index (χ3v) is 4.84. The van der Waals surface area contributed by atoms with Crippen LogP contribution in [0.4, 0.5) is 0 Å². The summed E-state index contributed by atoms with van der Waals surface area (Å²) >= 11 is 0. The predicted octanol–water partition coefficient (Wildman–Crippen LogP) is 3.31. The van der Waals surface area contributed by atoms with Crippen molar-refractivity contribution in [2.75, 3.05) is 14.2 Å². The van der Waals surface area contributed by atoms with Crippen LogP contribution < -0.4 is 5.32 Å². The zero-order valence-corrected chi connectivity index (χ0v) is 13.0. The van der Waals surface area contributed by atoms with E-state index in [4.69, 9.17) is 4.74 Å². The van der Waals surface area contributed by atoms with Gasteiger partial charge in [-0.05, 0) is 70.2 Å². The Morgan fingerprint density at radius 1 is 1.21 bits per heavy atom. The fourth-order valence-corrected chi connectivity index (χ4v) is 3.51. The van der Waals surface area contributed by atoms with Gasteiger partial charge >= 0.3 is 0 Å². The lowest BCUT2D eigenvalue weighted by atomic mass is 9.72. The summed E-state index contributed by atoms with van der Waals surface area (Å²) in [6.07, 6.45) is 4.71. The number of nitrogens with one attached hydrogen (secondary N) is 1. The quantitative estimate of drug-likeness (QED) is 0.878. The van der Waals surface area contributed by atoms with Gasteiger partial charge in [-0.1, -0.05) is 17.7 Å². The molecule has 1 unspecified atom stereocenters. The van der Waals surface area contributed by atoms with Gasteiger partial charge in [0.15, 0.2) is 0 Å². The molecule has 0 amide bonds. The largest absolute Gasteiger partial charge is 0.377 e. The second-order valence-corrected chi connectivity index (χ2v) is 6.05. The molecule has 1 aromatic rings. The molecule has 19 heavy (non-hydrogen) atoms. The van der Waals surface area contributed by atoms with Crippen molar-refractivity contribution in [2.45, 2.75) is 58.1 Å². The van der Waals surface area contributed by atoms with Crippen LogP contribution in [-0.4, -0.2) is 25.8 Å². The molecule has 1 saturated carbocycles. The summed E-state index contributed by atoms with van der Waals surface area (Å²) in [5.41, 5.74) is 5.70. The fraction of sp³-hybridized carbons (Fsp3) is 0.647. The summed E-state index contributed by atoms with van der Waals surface area (Å²) in [5, 5.41) is 3.49. The summed E-state index contributed by atoms with van der Waals surface area (Å²) in [7, 11) is 3.92. The van der Waals surface area contributed by atoms with E-state index < -0.39 is 0 Å². The molecule has 0 aliphatic heterocycles. The highest BCUT2D eigenvalue weighted by Crippen LogP contribution is 2.39. The monoisotopic (exact) mass is 261 g/mol. The number of hydrogen-bond acceptors (Lipinski definition) is 2. The number of hydrogen-bond donors (Lipinski definition) is 1. The first-order valence-corrected chi connectivity index (χ1v) is 7.31. The summed E-state index contributed by atoms with van der Waals surface area (Å²) in [4.78, 5) is 0. The average Bonchev–Trinajstić information content (AvgIpc) is 2.30. The number of methoxy groups -OCH3 is 1. The average molecular weight is 261 g/mol. The van der Waals surface area contributed by atoms with E-state index in [0.29, 0.717) is 6.04 Å². The minimum atomic E-state index is 0.0541. The number of aryl methyl sites for hydroxylation is 3. The normalized spacial score (nSPS) is 19.0. The topological polar surface area (TPSA) is 21.3 Å². The Morgan fingerprint density at radius 3 is 2.16 bits per heavy atom. The first kappa shape index (κ1) is 14.5. The lowest BCUT2D eigenvalue weighted by Gasteiger charge is -2.46. The molecule has 0 aromatic heterocycles. The Balaban J connectivity index is 2.24.